The number of allylic oxidation sites excluding steroid dienone is 17. The second-order valence-corrected chi connectivity index (χ2v) is 28.1. The molecule has 0 aromatic rings. The minimum absolute atomic E-state index is 0.0696. The van der Waals surface area contributed by atoms with E-state index in [2.05, 4.69) is 113 Å². The molecule has 0 fully saturated rings. The first kappa shape index (κ1) is 93.7. The van der Waals surface area contributed by atoms with E-state index >= 15 is 0 Å². The van der Waals surface area contributed by atoms with Crippen molar-refractivity contribution in [2.75, 3.05) is 39.6 Å². The van der Waals surface area contributed by atoms with Crippen molar-refractivity contribution in [2.24, 2.45) is 0 Å². The van der Waals surface area contributed by atoms with E-state index in [0.717, 1.165) is 128 Å². The normalized spacial score (nSPS) is 14.6. The van der Waals surface area contributed by atoms with Crippen LogP contribution in [0.2, 0.25) is 0 Å². The number of ether oxygens (including phenoxy) is 4. The van der Waals surface area contributed by atoms with Gasteiger partial charge in [-0.15, -0.1) is 0 Å². The van der Waals surface area contributed by atoms with Crippen LogP contribution in [-0.2, 0) is 65.4 Å². The van der Waals surface area contributed by atoms with Crippen molar-refractivity contribution in [3.63, 3.8) is 0 Å². The van der Waals surface area contributed by atoms with Gasteiger partial charge < -0.3 is 33.8 Å². The van der Waals surface area contributed by atoms with Crippen molar-refractivity contribution in [3.05, 3.63) is 109 Å². The van der Waals surface area contributed by atoms with Gasteiger partial charge >= 0.3 is 39.5 Å². The fourth-order valence-corrected chi connectivity index (χ4v) is 11.6. The lowest BCUT2D eigenvalue weighted by Crippen LogP contribution is -2.30. The molecule has 5 atom stereocenters. The average molecular weight is 1420 g/mol. The molecule has 0 radical (unpaired) electrons. The average Bonchev–Trinajstić information content (AvgIpc) is 0.985. The molecule has 5 unspecified atom stereocenters. The molecule has 0 aliphatic rings. The smallest absolute Gasteiger partial charge is 0.462 e. The summed E-state index contributed by atoms with van der Waals surface area (Å²) in [5, 5.41) is 10.6. The van der Waals surface area contributed by atoms with Gasteiger partial charge in [-0.2, -0.15) is 0 Å². The molecule has 0 spiro atoms. The van der Waals surface area contributed by atoms with Crippen LogP contribution in [0.3, 0.4) is 0 Å². The third-order valence-electron chi connectivity index (χ3n) is 15.8. The number of hydrogen-bond acceptors (Lipinski definition) is 15. The van der Waals surface area contributed by atoms with E-state index in [1.807, 2.05) is 18.2 Å². The first-order chi connectivity index (χ1) is 47.7. The maximum Gasteiger partial charge on any atom is 0.472 e. The topological polar surface area (TPSA) is 237 Å². The van der Waals surface area contributed by atoms with Gasteiger partial charge in [0.2, 0.25) is 0 Å². The standard InChI is InChI=1S/C79H136O17P2/c1-5-9-13-17-21-25-29-32-35-36-39-41-45-48-52-56-60-64-77(82)90-70-75(96-79(84)66-62-58-54-50-46-42-38-34-31-27-23-19-15-11-7-3)72-94-98(87,88)92-68-73(80)67-91-97(85,86)93-71-74(95-78(83)65-61-57-53-49-43-28-24-20-16-12-8-4)69-89-76(81)63-59-55-51-47-44-40-37-33-30-26-22-18-14-10-6-2/h9-10,13-14,21-22,25-26,32-33,35,37,39,41,44,47,55,59,73-75,80H,5-8,11-12,15-20,23-24,27-31,34,36,38,40,42-43,45-46,48-54,56-58,60-72H2,1-4H3,(H,85,86)(H,87,88)/b13-9-,14-10-,25-21-,26-22-,35-32-,37-33-,41-39-,47-44-,59-55-. The van der Waals surface area contributed by atoms with Crippen LogP contribution in [0, 0.1) is 0 Å². The number of phosphoric acid groups is 2. The Balaban J connectivity index is 5.39. The number of unbranched alkanes of at least 4 members (excludes halogenated alkanes) is 28. The molecule has 19 heteroatoms. The van der Waals surface area contributed by atoms with Gasteiger partial charge in [-0.1, -0.05) is 304 Å². The Hall–Kier alpha value is -4.28. The number of aliphatic hydroxyl groups is 1. The summed E-state index contributed by atoms with van der Waals surface area (Å²) in [6.07, 6.45) is 75.4. The van der Waals surface area contributed by atoms with Gasteiger partial charge in [0.1, 0.15) is 19.3 Å². The quantitative estimate of drug-likeness (QED) is 0.0169. The second kappa shape index (κ2) is 71.1. The number of aliphatic hydroxyl groups excluding tert-OH is 1. The van der Waals surface area contributed by atoms with Crippen LogP contribution in [0.4, 0.5) is 0 Å². The van der Waals surface area contributed by atoms with E-state index in [0.29, 0.717) is 25.7 Å². The molecule has 3 N–H and O–H groups in total. The van der Waals surface area contributed by atoms with Crippen molar-refractivity contribution < 1.29 is 80.2 Å². The maximum atomic E-state index is 13.1. The minimum atomic E-state index is -4.99. The van der Waals surface area contributed by atoms with E-state index in [1.165, 1.54) is 103 Å². The van der Waals surface area contributed by atoms with Crippen molar-refractivity contribution in [1.29, 1.82) is 0 Å². The summed E-state index contributed by atoms with van der Waals surface area (Å²) in [6, 6.07) is 0. The van der Waals surface area contributed by atoms with Crippen LogP contribution in [0.5, 0.6) is 0 Å². The van der Waals surface area contributed by atoms with Gasteiger partial charge in [0.25, 0.3) is 0 Å². The zero-order chi connectivity index (χ0) is 71.8. The summed E-state index contributed by atoms with van der Waals surface area (Å²) in [5.41, 5.74) is 0. The Morgan fingerprint density at radius 2 is 0.571 bits per heavy atom. The van der Waals surface area contributed by atoms with Crippen LogP contribution in [-0.4, -0.2) is 96.7 Å². The Labute approximate surface area is 594 Å². The van der Waals surface area contributed by atoms with Gasteiger partial charge in [0.15, 0.2) is 12.2 Å². The fraction of sp³-hybridized carbons (Fsp3) is 0.722. The lowest BCUT2D eigenvalue weighted by atomic mass is 10.0. The minimum Gasteiger partial charge on any atom is -0.462 e. The van der Waals surface area contributed by atoms with E-state index in [9.17, 15) is 43.2 Å². The summed E-state index contributed by atoms with van der Waals surface area (Å²) >= 11 is 0. The Bertz CT molecular complexity index is 2290. The maximum absolute atomic E-state index is 13.1. The van der Waals surface area contributed by atoms with E-state index in [-0.39, 0.29) is 25.7 Å². The first-order valence-electron chi connectivity index (χ1n) is 38.1. The van der Waals surface area contributed by atoms with Crippen LogP contribution in [0.15, 0.2) is 109 Å². The molecule has 0 amide bonds. The highest BCUT2D eigenvalue weighted by molar-refractivity contribution is 7.47. The highest BCUT2D eigenvalue weighted by Gasteiger charge is 2.30. The zero-order valence-electron chi connectivity index (χ0n) is 61.4. The molecule has 0 saturated heterocycles. The molecule has 0 bridgehead atoms. The highest BCUT2D eigenvalue weighted by atomic mass is 31.2. The summed E-state index contributed by atoms with van der Waals surface area (Å²) in [7, 11) is -9.97. The second-order valence-electron chi connectivity index (χ2n) is 25.2. The number of rotatable bonds is 71. The molecular formula is C79H136O17P2. The molecule has 0 rings (SSSR count). The number of carbonyl (C=O) groups excluding carboxylic acids is 4. The molecule has 0 heterocycles. The molecule has 0 saturated carbocycles. The molecule has 17 nitrogen and oxygen atoms in total. The summed E-state index contributed by atoms with van der Waals surface area (Å²) in [4.78, 5) is 72.7. The summed E-state index contributed by atoms with van der Waals surface area (Å²) in [5.74, 6) is -2.34. The van der Waals surface area contributed by atoms with Crippen LogP contribution in [0.1, 0.15) is 310 Å². The third kappa shape index (κ3) is 70.2. The number of esters is 4. The Morgan fingerprint density at radius 3 is 0.908 bits per heavy atom. The lowest BCUT2D eigenvalue weighted by Gasteiger charge is -2.21. The fourth-order valence-electron chi connectivity index (χ4n) is 10.0. The van der Waals surface area contributed by atoms with E-state index in [1.54, 1.807) is 6.08 Å². The molecule has 0 aliphatic carbocycles. The predicted octanol–water partition coefficient (Wildman–Crippen LogP) is 21.8. The zero-order valence-corrected chi connectivity index (χ0v) is 63.2. The van der Waals surface area contributed by atoms with Gasteiger partial charge in [-0.25, -0.2) is 9.13 Å². The molecule has 0 aromatic carbocycles. The number of hydrogen-bond donors (Lipinski definition) is 3. The number of carbonyl (C=O) groups is 4. The molecular weight excluding hydrogens is 1280 g/mol. The first-order valence-corrected chi connectivity index (χ1v) is 41.1. The van der Waals surface area contributed by atoms with Crippen LogP contribution < -0.4 is 0 Å². The van der Waals surface area contributed by atoms with Crippen molar-refractivity contribution in [1.82, 2.24) is 0 Å². The predicted molar refractivity (Wildman–Crippen MR) is 399 cm³/mol. The lowest BCUT2D eigenvalue weighted by molar-refractivity contribution is -0.161. The Kier molecular flexibility index (Phi) is 68.0. The molecule has 0 aromatic heterocycles. The molecule has 98 heavy (non-hydrogen) atoms. The third-order valence-corrected chi connectivity index (χ3v) is 17.7. The molecule has 0 aliphatic heterocycles. The SMILES string of the molecule is CC/C=C\C/C=C\C/C=C\C/C=C\C/C=C\CC(=O)OCC(COP(=O)(O)OCC(O)COP(=O)(O)OCC(COC(=O)CCCCCC/C=C\C/C=C\C/C=C\C/C=C\CC)OC(=O)CCCCCCCCCCCCCCCCC)OC(=O)CCCCCCCCCCCCC. The van der Waals surface area contributed by atoms with Gasteiger partial charge in [-0.3, -0.25) is 37.3 Å². The van der Waals surface area contributed by atoms with Gasteiger partial charge in [0.05, 0.1) is 32.8 Å². The van der Waals surface area contributed by atoms with Crippen molar-refractivity contribution >= 4 is 39.5 Å². The van der Waals surface area contributed by atoms with E-state index in [4.69, 9.17) is 37.0 Å². The van der Waals surface area contributed by atoms with Gasteiger partial charge in [0, 0.05) is 19.3 Å². The Morgan fingerprint density at radius 1 is 0.306 bits per heavy atom. The van der Waals surface area contributed by atoms with Crippen molar-refractivity contribution in [2.45, 2.75) is 329 Å². The largest absolute Gasteiger partial charge is 0.472 e. The van der Waals surface area contributed by atoms with Gasteiger partial charge in [-0.05, 0) is 89.9 Å². The van der Waals surface area contributed by atoms with Crippen LogP contribution >= 0.6 is 15.6 Å². The summed E-state index contributed by atoms with van der Waals surface area (Å²) in [6.45, 7) is 4.52. The highest BCUT2D eigenvalue weighted by Crippen LogP contribution is 2.45. The van der Waals surface area contributed by atoms with Crippen molar-refractivity contribution in [3.8, 4) is 0 Å². The van der Waals surface area contributed by atoms with E-state index < -0.39 is 97.5 Å². The molecule has 564 valence electrons. The monoisotopic (exact) mass is 1420 g/mol. The number of phosphoric ester groups is 2. The summed E-state index contributed by atoms with van der Waals surface area (Å²) < 4.78 is 68.3. The van der Waals surface area contributed by atoms with Crippen LogP contribution in [0.25, 0.3) is 0 Å².